The van der Waals surface area contributed by atoms with Crippen molar-refractivity contribution in [3.05, 3.63) is 64.0 Å². The predicted octanol–water partition coefficient (Wildman–Crippen LogP) is 2.34. The Morgan fingerprint density at radius 2 is 1.97 bits per heavy atom. The van der Waals surface area contributed by atoms with E-state index in [0.717, 1.165) is 12.8 Å². The number of hydrogen-bond donors (Lipinski definition) is 2. The van der Waals surface area contributed by atoms with Gasteiger partial charge in [0.25, 0.3) is 5.91 Å². The van der Waals surface area contributed by atoms with Gasteiger partial charge in [-0.05, 0) is 52.5 Å². The number of carbonyl (C=O) groups is 3. The fourth-order valence-electron chi connectivity index (χ4n) is 3.52. The molecule has 0 saturated heterocycles. The van der Waals surface area contributed by atoms with Crippen LogP contribution in [0.2, 0.25) is 0 Å². The van der Waals surface area contributed by atoms with E-state index in [1.54, 1.807) is 36.4 Å². The second-order valence-electron chi connectivity index (χ2n) is 7.67. The van der Waals surface area contributed by atoms with Gasteiger partial charge in [0.05, 0.1) is 16.5 Å². The monoisotopic (exact) mass is 501 g/mol. The van der Waals surface area contributed by atoms with Crippen molar-refractivity contribution in [2.45, 2.75) is 32.0 Å². The zero-order valence-electron chi connectivity index (χ0n) is 17.1. The Morgan fingerprint density at radius 3 is 2.66 bits per heavy atom. The van der Waals surface area contributed by atoms with Crippen LogP contribution in [0.25, 0.3) is 10.9 Å². The van der Waals surface area contributed by atoms with Gasteiger partial charge in [0.2, 0.25) is 11.8 Å². The minimum Gasteiger partial charge on any atom is -0.364 e. The first-order valence-electron chi connectivity index (χ1n) is 10.1. The lowest BCUT2D eigenvalue weighted by Crippen LogP contribution is -2.43. The van der Waals surface area contributed by atoms with Gasteiger partial charge in [-0.1, -0.05) is 24.3 Å². The fraction of sp³-hybridized carbons (Fsp3) is 0.273. The Kier molecular flexibility index (Phi) is 6.22. The second kappa shape index (κ2) is 9.07. The van der Waals surface area contributed by atoms with Gasteiger partial charge in [-0.15, -0.1) is 0 Å². The molecule has 1 fully saturated rings. The summed E-state index contributed by atoms with van der Waals surface area (Å²) >= 11 is 3.09. The standard InChI is InChI=1S/C22H21BrFN5O3/c23-16-8-5-13(9-17(16)24)10-26-19(30)11-28(14-6-7-14)20(31)12-29-18-4-2-1-3-15(18)21(27-29)22(25)32/h1-5,8-9,14H,6-7,10-12H2,(H2,25,32)(H,26,30). The van der Waals surface area contributed by atoms with Gasteiger partial charge < -0.3 is 16.0 Å². The number of nitrogens with two attached hydrogens (primary N) is 1. The molecule has 0 atom stereocenters. The quantitative estimate of drug-likeness (QED) is 0.493. The molecular formula is C22H21BrFN5O3. The van der Waals surface area contributed by atoms with E-state index in [-0.39, 0.29) is 43.2 Å². The number of nitrogens with one attached hydrogen (secondary N) is 1. The summed E-state index contributed by atoms with van der Waals surface area (Å²) in [4.78, 5) is 38.7. The maximum atomic E-state index is 13.7. The largest absolute Gasteiger partial charge is 0.364 e. The van der Waals surface area contributed by atoms with Gasteiger partial charge in [0.1, 0.15) is 12.4 Å². The third-order valence-electron chi connectivity index (χ3n) is 5.27. The highest BCUT2D eigenvalue weighted by atomic mass is 79.9. The minimum absolute atomic E-state index is 0.00388. The van der Waals surface area contributed by atoms with Crippen molar-refractivity contribution in [2.24, 2.45) is 5.73 Å². The average molecular weight is 502 g/mol. The van der Waals surface area contributed by atoms with Crippen molar-refractivity contribution in [1.29, 1.82) is 0 Å². The molecule has 1 heterocycles. The molecule has 3 amide bonds. The molecule has 1 aromatic heterocycles. The Balaban J connectivity index is 1.43. The lowest BCUT2D eigenvalue weighted by molar-refractivity contribution is -0.137. The van der Waals surface area contributed by atoms with Gasteiger partial charge in [0.15, 0.2) is 5.69 Å². The molecule has 0 unspecified atom stereocenters. The van der Waals surface area contributed by atoms with Gasteiger partial charge >= 0.3 is 0 Å². The normalized spacial score (nSPS) is 13.2. The molecule has 1 aliphatic rings. The summed E-state index contributed by atoms with van der Waals surface area (Å²) in [6.45, 7) is -0.0681. The highest BCUT2D eigenvalue weighted by Gasteiger charge is 2.34. The molecule has 10 heteroatoms. The first-order chi connectivity index (χ1) is 15.3. The number of hydrogen-bond acceptors (Lipinski definition) is 4. The molecular weight excluding hydrogens is 481 g/mol. The number of fused-ring (bicyclic) bond motifs is 1. The van der Waals surface area contributed by atoms with Gasteiger partial charge in [-0.3, -0.25) is 19.1 Å². The van der Waals surface area contributed by atoms with E-state index in [0.29, 0.717) is 20.9 Å². The number of carbonyl (C=O) groups excluding carboxylic acids is 3. The van der Waals surface area contributed by atoms with Crippen molar-refractivity contribution in [3.8, 4) is 0 Å². The van der Waals surface area contributed by atoms with Crippen LogP contribution in [0.3, 0.4) is 0 Å². The number of rotatable bonds is 8. The van der Waals surface area contributed by atoms with Crippen molar-refractivity contribution in [3.63, 3.8) is 0 Å². The van der Waals surface area contributed by atoms with Gasteiger partial charge in [0, 0.05) is 18.0 Å². The number of amides is 3. The molecule has 3 aromatic rings. The summed E-state index contributed by atoms with van der Waals surface area (Å²) in [6.07, 6.45) is 1.65. The minimum atomic E-state index is -0.671. The number of nitrogens with zero attached hydrogens (tertiary/aromatic N) is 3. The smallest absolute Gasteiger partial charge is 0.269 e. The Morgan fingerprint density at radius 1 is 1.22 bits per heavy atom. The number of halogens is 2. The van der Waals surface area contributed by atoms with Gasteiger partial charge in [-0.25, -0.2) is 4.39 Å². The molecule has 0 bridgehead atoms. The molecule has 1 saturated carbocycles. The van der Waals surface area contributed by atoms with Crippen molar-refractivity contribution in [2.75, 3.05) is 6.54 Å². The number of para-hydroxylation sites is 1. The number of benzene rings is 2. The Bertz CT molecular complexity index is 1210. The Hall–Kier alpha value is -3.27. The van der Waals surface area contributed by atoms with E-state index in [9.17, 15) is 18.8 Å². The zero-order valence-corrected chi connectivity index (χ0v) is 18.6. The van der Waals surface area contributed by atoms with Crippen LogP contribution in [0.4, 0.5) is 4.39 Å². The van der Waals surface area contributed by atoms with Crippen LogP contribution in [0, 0.1) is 5.82 Å². The first-order valence-corrected chi connectivity index (χ1v) is 10.9. The summed E-state index contributed by atoms with van der Waals surface area (Å²) in [5.74, 6) is -1.69. The maximum Gasteiger partial charge on any atom is 0.269 e. The third-order valence-corrected chi connectivity index (χ3v) is 5.92. The number of aromatic nitrogens is 2. The highest BCUT2D eigenvalue weighted by molar-refractivity contribution is 9.10. The van der Waals surface area contributed by atoms with Crippen molar-refractivity contribution < 1.29 is 18.8 Å². The summed E-state index contributed by atoms with van der Waals surface area (Å²) in [7, 11) is 0. The van der Waals surface area contributed by atoms with E-state index in [2.05, 4.69) is 26.3 Å². The predicted molar refractivity (Wildman–Crippen MR) is 119 cm³/mol. The fourth-order valence-corrected chi connectivity index (χ4v) is 3.76. The summed E-state index contributed by atoms with van der Waals surface area (Å²) in [6, 6.07) is 11.6. The number of primary amides is 1. The SMILES string of the molecule is NC(=O)c1nn(CC(=O)N(CC(=O)NCc2ccc(Br)c(F)c2)C2CC2)c2ccccc12. The molecule has 8 nitrogen and oxygen atoms in total. The summed E-state index contributed by atoms with van der Waals surface area (Å²) in [5.41, 5.74) is 6.75. The van der Waals surface area contributed by atoms with Crippen LogP contribution in [-0.2, 0) is 22.7 Å². The van der Waals surface area contributed by atoms with E-state index in [4.69, 9.17) is 5.73 Å². The van der Waals surface area contributed by atoms with E-state index >= 15 is 0 Å². The highest BCUT2D eigenvalue weighted by Crippen LogP contribution is 2.27. The molecule has 0 aliphatic heterocycles. The topological polar surface area (TPSA) is 110 Å². The molecule has 3 N–H and O–H groups in total. The van der Waals surface area contributed by atoms with Crippen molar-refractivity contribution in [1.82, 2.24) is 20.0 Å². The first kappa shape index (κ1) is 21.9. The van der Waals surface area contributed by atoms with Gasteiger partial charge in [-0.2, -0.15) is 5.10 Å². The molecule has 166 valence electrons. The second-order valence-corrected chi connectivity index (χ2v) is 8.52. The van der Waals surface area contributed by atoms with Crippen LogP contribution in [0.15, 0.2) is 46.9 Å². The van der Waals surface area contributed by atoms with Crippen LogP contribution in [0.5, 0.6) is 0 Å². The lowest BCUT2D eigenvalue weighted by atomic mass is 10.2. The molecule has 2 aromatic carbocycles. The lowest BCUT2D eigenvalue weighted by Gasteiger charge is -2.22. The van der Waals surface area contributed by atoms with E-state index < -0.39 is 11.7 Å². The average Bonchev–Trinajstić information content (AvgIpc) is 3.54. The van der Waals surface area contributed by atoms with E-state index in [1.807, 2.05) is 0 Å². The molecule has 1 aliphatic carbocycles. The molecule has 0 radical (unpaired) electrons. The van der Waals surface area contributed by atoms with Crippen LogP contribution in [-0.4, -0.2) is 45.0 Å². The maximum absolute atomic E-state index is 13.7. The molecule has 0 spiro atoms. The Labute approximate surface area is 191 Å². The molecule has 32 heavy (non-hydrogen) atoms. The zero-order chi connectivity index (χ0) is 22.8. The van der Waals surface area contributed by atoms with Crippen LogP contribution < -0.4 is 11.1 Å². The third kappa shape index (κ3) is 4.80. The van der Waals surface area contributed by atoms with Crippen molar-refractivity contribution >= 4 is 44.6 Å². The summed E-state index contributed by atoms with van der Waals surface area (Å²) < 4.78 is 15.4. The van der Waals surface area contributed by atoms with Crippen LogP contribution >= 0.6 is 15.9 Å². The van der Waals surface area contributed by atoms with E-state index in [1.165, 1.54) is 15.6 Å². The van der Waals surface area contributed by atoms with Crippen LogP contribution in [0.1, 0.15) is 28.9 Å². The molecule has 4 rings (SSSR count). The summed E-state index contributed by atoms with van der Waals surface area (Å²) in [5, 5.41) is 7.52.